The van der Waals surface area contributed by atoms with Gasteiger partial charge >= 0.3 is 0 Å². The van der Waals surface area contributed by atoms with Crippen molar-refractivity contribution in [3.63, 3.8) is 0 Å². The Bertz CT molecular complexity index is 261. The van der Waals surface area contributed by atoms with Gasteiger partial charge in [-0.3, -0.25) is 0 Å². The van der Waals surface area contributed by atoms with Crippen molar-refractivity contribution in [1.29, 1.82) is 0 Å². The van der Waals surface area contributed by atoms with Gasteiger partial charge in [0.05, 0.1) is 6.26 Å². The monoisotopic (exact) mass is 206 g/mol. The van der Waals surface area contributed by atoms with Gasteiger partial charge in [0.2, 0.25) is 10.0 Å². The molecule has 13 heavy (non-hydrogen) atoms. The van der Waals surface area contributed by atoms with Crippen LogP contribution in [-0.4, -0.2) is 45.8 Å². The SMILES string of the molecule is CN(C)[C@H]1CCC[C@@H]1NS(C)(=O)=O. The molecule has 1 saturated carbocycles. The van der Waals surface area contributed by atoms with Gasteiger partial charge in [-0.15, -0.1) is 0 Å². The second kappa shape index (κ2) is 3.94. The lowest BCUT2D eigenvalue weighted by atomic mass is 10.2. The summed E-state index contributed by atoms with van der Waals surface area (Å²) in [6, 6.07) is 0.458. The second-order valence-corrected chi connectivity index (χ2v) is 5.74. The lowest BCUT2D eigenvalue weighted by Gasteiger charge is -2.26. The first-order valence-corrected chi connectivity index (χ1v) is 6.43. The van der Waals surface area contributed by atoms with Gasteiger partial charge in [-0.2, -0.15) is 0 Å². The quantitative estimate of drug-likeness (QED) is 0.708. The van der Waals surface area contributed by atoms with Crippen LogP contribution in [0.2, 0.25) is 0 Å². The van der Waals surface area contributed by atoms with Gasteiger partial charge < -0.3 is 4.90 Å². The maximum atomic E-state index is 11.0. The summed E-state index contributed by atoms with van der Waals surface area (Å²) in [7, 11) is 0.935. The average molecular weight is 206 g/mol. The summed E-state index contributed by atoms with van der Waals surface area (Å²) >= 11 is 0. The molecule has 0 amide bonds. The summed E-state index contributed by atoms with van der Waals surface area (Å²) < 4.78 is 24.7. The van der Waals surface area contributed by atoms with Gasteiger partial charge in [-0.1, -0.05) is 6.42 Å². The summed E-state index contributed by atoms with van der Waals surface area (Å²) in [4.78, 5) is 2.09. The standard InChI is InChI=1S/C8H18N2O2S/c1-10(2)8-6-4-5-7(8)9-13(3,11)12/h7-9H,4-6H2,1-3H3/t7-,8-/m0/s1. The molecule has 0 radical (unpaired) electrons. The Morgan fingerprint density at radius 1 is 1.31 bits per heavy atom. The Hall–Kier alpha value is -0.130. The highest BCUT2D eigenvalue weighted by Crippen LogP contribution is 2.22. The van der Waals surface area contributed by atoms with Crippen molar-refractivity contribution < 1.29 is 8.42 Å². The number of likely N-dealkylation sites (N-methyl/N-ethyl adjacent to an activating group) is 1. The van der Waals surface area contributed by atoms with E-state index in [1.54, 1.807) is 0 Å². The topological polar surface area (TPSA) is 49.4 Å². The molecule has 0 bridgehead atoms. The van der Waals surface area contributed by atoms with Gasteiger partial charge in [0.25, 0.3) is 0 Å². The van der Waals surface area contributed by atoms with Crippen LogP contribution in [0.4, 0.5) is 0 Å². The van der Waals surface area contributed by atoms with E-state index in [2.05, 4.69) is 9.62 Å². The maximum absolute atomic E-state index is 11.0. The summed E-state index contributed by atoms with van der Waals surface area (Å²) in [5, 5.41) is 0. The zero-order valence-electron chi connectivity index (χ0n) is 8.45. The van der Waals surface area contributed by atoms with Crippen LogP contribution in [0.15, 0.2) is 0 Å². The van der Waals surface area contributed by atoms with Gasteiger partial charge in [-0.05, 0) is 26.9 Å². The molecular weight excluding hydrogens is 188 g/mol. The minimum atomic E-state index is -3.05. The Balaban J connectivity index is 2.59. The zero-order valence-corrected chi connectivity index (χ0v) is 9.26. The molecule has 5 heteroatoms. The van der Waals surface area contributed by atoms with Gasteiger partial charge in [0, 0.05) is 12.1 Å². The average Bonchev–Trinajstić information content (AvgIpc) is 2.31. The molecule has 4 nitrogen and oxygen atoms in total. The van der Waals surface area contributed by atoms with Gasteiger partial charge in [0.1, 0.15) is 0 Å². The van der Waals surface area contributed by atoms with E-state index in [4.69, 9.17) is 0 Å². The predicted octanol–water partition coefficient (Wildman–Crippen LogP) is 0.0183. The van der Waals surface area contributed by atoms with Crippen molar-refractivity contribution >= 4 is 10.0 Å². The van der Waals surface area contributed by atoms with E-state index < -0.39 is 10.0 Å². The van der Waals surface area contributed by atoms with Crippen molar-refractivity contribution in [2.45, 2.75) is 31.3 Å². The predicted molar refractivity (Wildman–Crippen MR) is 53.1 cm³/mol. The highest BCUT2D eigenvalue weighted by atomic mass is 32.2. The minimum absolute atomic E-state index is 0.102. The van der Waals surface area contributed by atoms with E-state index in [1.165, 1.54) is 6.26 Å². The molecule has 0 aromatic carbocycles. The molecule has 0 aromatic rings. The maximum Gasteiger partial charge on any atom is 0.209 e. The molecule has 0 unspecified atom stereocenters. The fourth-order valence-corrected chi connectivity index (χ4v) is 2.80. The number of hydrogen-bond acceptors (Lipinski definition) is 3. The molecule has 0 spiro atoms. The number of nitrogens with one attached hydrogen (secondary N) is 1. The van der Waals surface area contributed by atoms with Crippen LogP contribution >= 0.6 is 0 Å². The van der Waals surface area contributed by atoms with Gasteiger partial charge in [-0.25, -0.2) is 13.1 Å². The van der Waals surface area contributed by atoms with Crippen molar-refractivity contribution in [2.75, 3.05) is 20.4 Å². The summed E-state index contributed by atoms with van der Waals surface area (Å²) in [5.74, 6) is 0. The minimum Gasteiger partial charge on any atom is -0.305 e. The first-order valence-electron chi connectivity index (χ1n) is 4.54. The summed E-state index contributed by atoms with van der Waals surface area (Å²) in [6.45, 7) is 0. The van der Waals surface area contributed by atoms with Crippen molar-refractivity contribution in [3.05, 3.63) is 0 Å². The van der Waals surface area contributed by atoms with Crippen LogP contribution in [0.1, 0.15) is 19.3 Å². The van der Waals surface area contributed by atoms with E-state index in [0.29, 0.717) is 6.04 Å². The fourth-order valence-electron chi connectivity index (χ4n) is 1.97. The summed E-state index contributed by atoms with van der Waals surface area (Å²) in [5.41, 5.74) is 0. The van der Waals surface area contributed by atoms with Crippen molar-refractivity contribution in [1.82, 2.24) is 9.62 Å². The molecule has 1 aliphatic rings. The molecule has 1 aliphatic carbocycles. The molecule has 1 N–H and O–H groups in total. The molecule has 1 fully saturated rings. The number of rotatable bonds is 3. The van der Waals surface area contributed by atoms with Crippen LogP contribution in [0.25, 0.3) is 0 Å². The Morgan fingerprint density at radius 3 is 2.38 bits per heavy atom. The van der Waals surface area contributed by atoms with Gasteiger partial charge in [0.15, 0.2) is 0 Å². The Kier molecular flexibility index (Phi) is 3.32. The lowest BCUT2D eigenvalue weighted by Crippen LogP contribution is -2.45. The third kappa shape index (κ3) is 3.25. The Labute approximate surface area is 80.4 Å². The molecule has 78 valence electrons. The van der Waals surface area contributed by atoms with Crippen LogP contribution in [-0.2, 0) is 10.0 Å². The molecule has 0 heterocycles. The summed E-state index contributed by atoms with van der Waals surface area (Å²) in [6.07, 6.45) is 4.37. The molecule has 0 aromatic heterocycles. The van der Waals surface area contributed by atoms with E-state index >= 15 is 0 Å². The molecular formula is C8H18N2O2S. The zero-order chi connectivity index (χ0) is 10.1. The van der Waals surface area contributed by atoms with E-state index in [1.807, 2.05) is 14.1 Å². The highest BCUT2D eigenvalue weighted by molar-refractivity contribution is 7.88. The number of sulfonamides is 1. The fraction of sp³-hybridized carbons (Fsp3) is 1.00. The Morgan fingerprint density at radius 2 is 1.92 bits per heavy atom. The highest BCUT2D eigenvalue weighted by Gasteiger charge is 2.30. The largest absolute Gasteiger partial charge is 0.305 e. The van der Waals surface area contributed by atoms with Crippen molar-refractivity contribution in [2.24, 2.45) is 0 Å². The third-order valence-corrected chi connectivity index (χ3v) is 3.24. The number of hydrogen-bond donors (Lipinski definition) is 1. The molecule has 0 aliphatic heterocycles. The van der Waals surface area contributed by atoms with E-state index in [-0.39, 0.29) is 6.04 Å². The first kappa shape index (κ1) is 10.9. The van der Waals surface area contributed by atoms with E-state index in [9.17, 15) is 8.42 Å². The van der Waals surface area contributed by atoms with Crippen LogP contribution in [0.5, 0.6) is 0 Å². The van der Waals surface area contributed by atoms with Crippen LogP contribution in [0.3, 0.4) is 0 Å². The van der Waals surface area contributed by atoms with Crippen LogP contribution < -0.4 is 4.72 Å². The smallest absolute Gasteiger partial charge is 0.209 e. The normalized spacial score (nSPS) is 29.8. The third-order valence-electron chi connectivity index (χ3n) is 2.51. The van der Waals surface area contributed by atoms with Crippen LogP contribution in [0, 0.1) is 0 Å². The lowest BCUT2D eigenvalue weighted by molar-refractivity contribution is 0.268. The number of nitrogens with zero attached hydrogens (tertiary/aromatic N) is 1. The molecule has 2 atom stereocenters. The second-order valence-electron chi connectivity index (χ2n) is 3.96. The molecule has 1 rings (SSSR count). The van der Waals surface area contributed by atoms with Crippen molar-refractivity contribution in [3.8, 4) is 0 Å². The van der Waals surface area contributed by atoms with E-state index in [0.717, 1.165) is 19.3 Å². The first-order chi connectivity index (χ1) is 5.90. The molecule has 0 saturated heterocycles.